The van der Waals surface area contributed by atoms with Crippen LogP contribution in [0.2, 0.25) is 5.02 Å². The lowest BCUT2D eigenvalue weighted by Crippen LogP contribution is -2.11. The van der Waals surface area contributed by atoms with Crippen molar-refractivity contribution in [2.24, 2.45) is 0 Å². The van der Waals surface area contributed by atoms with Crippen LogP contribution in [0, 0.1) is 0 Å². The van der Waals surface area contributed by atoms with Crippen LogP contribution in [0.1, 0.15) is 10.4 Å². The van der Waals surface area contributed by atoms with E-state index in [0.717, 1.165) is 5.56 Å². The molecule has 2 aromatic heterocycles. The summed E-state index contributed by atoms with van der Waals surface area (Å²) >= 11 is 7.13. The highest BCUT2D eigenvalue weighted by Gasteiger charge is 2.11. The Bertz CT molecular complexity index is 1130. The summed E-state index contributed by atoms with van der Waals surface area (Å²) in [5.41, 5.74) is 3.06. The van der Waals surface area contributed by atoms with Crippen LogP contribution in [0.25, 0.3) is 22.4 Å². The number of nitrogens with zero attached hydrogens (tertiary/aromatic N) is 1. The highest BCUT2D eigenvalue weighted by Crippen LogP contribution is 2.27. The monoisotopic (exact) mass is 371 g/mol. The van der Waals surface area contributed by atoms with Gasteiger partial charge in [0.05, 0.1) is 11.2 Å². The SMILES string of the molecule is O=C(Nc1nc(-c2ccc3[nH]c(=O)oc3c2)cs1)c1ccc(Cl)cc1. The second kappa shape index (κ2) is 6.19. The first-order valence-corrected chi connectivity index (χ1v) is 8.50. The van der Waals surface area contributed by atoms with Crippen LogP contribution >= 0.6 is 22.9 Å². The van der Waals surface area contributed by atoms with Gasteiger partial charge in [-0.2, -0.15) is 0 Å². The number of hydrogen-bond donors (Lipinski definition) is 2. The standard InChI is InChI=1S/C17H10ClN3O3S/c18-11-4-1-9(2-5-11)15(22)21-16-19-13(8-25-16)10-3-6-12-14(7-10)24-17(23)20-12/h1-8H,(H,20,23)(H,19,21,22). The van der Waals surface area contributed by atoms with Gasteiger partial charge in [-0.15, -0.1) is 11.3 Å². The van der Waals surface area contributed by atoms with Crippen molar-refractivity contribution in [3.8, 4) is 11.3 Å². The van der Waals surface area contributed by atoms with Crippen LogP contribution in [-0.2, 0) is 0 Å². The van der Waals surface area contributed by atoms with Crippen LogP contribution in [0.5, 0.6) is 0 Å². The number of fused-ring (bicyclic) bond motifs is 1. The molecule has 2 heterocycles. The fourth-order valence-corrected chi connectivity index (χ4v) is 3.18. The maximum Gasteiger partial charge on any atom is 0.417 e. The van der Waals surface area contributed by atoms with E-state index in [1.807, 2.05) is 11.4 Å². The molecule has 4 rings (SSSR count). The summed E-state index contributed by atoms with van der Waals surface area (Å²) in [4.78, 5) is 30.4. The van der Waals surface area contributed by atoms with Gasteiger partial charge in [0.15, 0.2) is 10.7 Å². The number of aromatic amines is 1. The third-order valence-corrected chi connectivity index (χ3v) is 4.56. The molecule has 0 fully saturated rings. The van der Waals surface area contributed by atoms with Gasteiger partial charge in [-0.05, 0) is 36.4 Å². The second-order valence-electron chi connectivity index (χ2n) is 5.22. The van der Waals surface area contributed by atoms with Gasteiger partial charge in [0, 0.05) is 21.5 Å². The quantitative estimate of drug-likeness (QED) is 0.566. The number of anilines is 1. The Labute approximate surface area is 150 Å². The van der Waals surface area contributed by atoms with Crippen molar-refractivity contribution in [2.45, 2.75) is 0 Å². The summed E-state index contributed by atoms with van der Waals surface area (Å²) in [7, 11) is 0. The second-order valence-corrected chi connectivity index (χ2v) is 6.52. The molecule has 0 aliphatic heterocycles. The summed E-state index contributed by atoms with van der Waals surface area (Å²) in [6.45, 7) is 0. The molecular formula is C17H10ClN3O3S. The molecule has 2 aromatic carbocycles. The average molecular weight is 372 g/mol. The number of oxazole rings is 1. The number of rotatable bonds is 3. The summed E-state index contributed by atoms with van der Waals surface area (Å²) in [5.74, 6) is -0.758. The molecule has 0 aliphatic rings. The van der Waals surface area contributed by atoms with E-state index in [1.165, 1.54) is 11.3 Å². The zero-order valence-electron chi connectivity index (χ0n) is 12.6. The van der Waals surface area contributed by atoms with Gasteiger partial charge < -0.3 is 4.42 Å². The fourth-order valence-electron chi connectivity index (χ4n) is 2.34. The third kappa shape index (κ3) is 3.19. The molecule has 0 atom stereocenters. The van der Waals surface area contributed by atoms with Crippen LogP contribution in [-0.4, -0.2) is 15.9 Å². The Morgan fingerprint density at radius 2 is 2.00 bits per heavy atom. The number of aromatic nitrogens is 2. The van der Waals surface area contributed by atoms with Crippen LogP contribution in [0.15, 0.2) is 57.1 Å². The normalized spacial score (nSPS) is 10.9. The van der Waals surface area contributed by atoms with Gasteiger partial charge >= 0.3 is 5.76 Å². The van der Waals surface area contributed by atoms with E-state index in [4.69, 9.17) is 16.0 Å². The number of halogens is 1. The van der Waals surface area contributed by atoms with Crippen LogP contribution in [0.4, 0.5) is 5.13 Å². The lowest BCUT2D eigenvalue weighted by atomic mass is 10.1. The average Bonchev–Trinajstić information content (AvgIpc) is 3.20. The topological polar surface area (TPSA) is 88.0 Å². The zero-order chi connectivity index (χ0) is 17.4. The third-order valence-electron chi connectivity index (χ3n) is 3.55. The molecule has 0 spiro atoms. The van der Waals surface area contributed by atoms with Crippen LogP contribution < -0.4 is 11.1 Å². The van der Waals surface area contributed by atoms with Gasteiger partial charge in [0.2, 0.25) is 0 Å². The van der Waals surface area contributed by atoms with E-state index in [9.17, 15) is 9.59 Å². The minimum Gasteiger partial charge on any atom is -0.408 e. The Kier molecular flexibility index (Phi) is 3.87. The molecule has 8 heteroatoms. The van der Waals surface area contributed by atoms with E-state index in [2.05, 4.69) is 15.3 Å². The maximum atomic E-state index is 12.2. The first-order chi connectivity index (χ1) is 12.1. The Morgan fingerprint density at radius 1 is 1.20 bits per heavy atom. The van der Waals surface area contributed by atoms with Crippen molar-refractivity contribution < 1.29 is 9.21 Å². The number of H-pyrrole nitrogens is 1. The molecule has 25 heavy (non-hydrogen) atoms. The van der Waals surface area contributed by atoms with Crippen molar-refractivity contribution in [3.63, 3.8) is 0 Å². The van der Waals surface area contributed by atoms with Crippen molar-refractivity contribution in [2.75, 3.05) is 5.32 Å². The van der Waals surface area contributed by atoms with E-state index in [0.29, 0.717) is 32.5 Å². The summed E-state index contributed by atoms with van der Waals surface area (Å²) in [6.07, 6.45) is 0. The number of carbonyl (C=O) groups is 1. The van der Waals surface area contributed by atoms with E-state index >= 15 is 0 Å². The summed E-state index contributed by atoms with van der Waals surface area (Å²) in [5, 5.41) is 5.62. The van der Waals surface area contributed by atoms with Gasteiger partial charge in [0.25, 0.3) is 5.91 Å². The molecule has 0 bridgehead atoms. The molecular weight excluding hydrogens is 362 g/mol. The molecule has 1 amide bonds. The molecule has 0 aliphatic carbocycles. The molecule has 124 valence electrons. The summed E-state index contributed by atoms with van der Waals surface area (Å²) < 4.78 is 5.05. The first-order valence-electron chi connectivity index (χ1n) is 7.24. The number of carbonyl (C=O) groups excluding carboxylic acids is 1. The molecule has 0 saturated carbocycles. The van der Waals surface area contributed by atoms with Crippen molar-refractivity contribution >= 4 is 45.1 Å². The number of benzene rings is 2. The Hall–Kier alpha value is -2.90. The maximum absolute atomic E-state index is 12.2. The van der Waals surface area contributed by atoms with E-state index in [1.54, 1.807) is 36.4 Å². The summed E-state index contributed by atoms with van der Waals surface area (Å²) in [6, 6.07) is 11.9. The largest absolute Gasteiger partial charge is 0.417 e. The number of nitrogens with one attached hydrogen (secondary N) is 2. The minimum absolute atomic E-state index is 0.260. The van der Waals surface area contributed by atoms with Crippen molar-refractivity contribution in [3.05, 3.63) is 69.0 Å². The molecule has 0 radical (unpaired) electrons. The number of hydrogen-bond acceptors (Lipinski definition) is 5. The predicted octanol–water partition coefficient (Wildman–Crippen LogP) is 4.15. The smallest absolute Gasteiger partial charge is 0.408 e. The molecule has 2 N–H and O–H groups in total. The van der Waals surface area contributed by atoms with Gasteiger partial charge in [-0.3, -0.25) is 15.1 Å². The van der Waals surface area contributed by atoms with E-state index < -0.39 is 5.76 Å². The van der Waals surface area contributed by atoms with E-state index in [-0.39, 0.29) is 5.91 Å². The van der Waals surface area contributed by atoms with Crippen molar-refractivity contribution in [1.29, 1.82) is 0 Å². The number of thiazole rings is 1. The first kappa shape index (κ1) is 15.6. The number of amides is 1. The Balaban J connectivity index is 1.57. The molecule has 4 aromatic rings. The van der Waals surface area contributed by atoms with Crippen LogP contribution in [0.3, 0.4) is 0 Å². The lowest BCUT2D eigenvalue weighted by molar-refractivity contribution is 0.102. The highest BCUT2D eigenvalue weighted by molar-refractivity contribution is 7.14. The highest BCUT2D eigenvalue weighted by atomic mass is 35.5. The Morgan fingerprint density at radius 3 is 2.80 bits per heavy atom. The van der Waals surface area contributed by atoms with Gasteiger partial charge in [0.1, 0.15) is 0 Å². The van der Waals surface area contributed by atoms with Gasteiger partial charge in [-0.25, -0.2) is 9.78 Å². The minimum atomic E-state index is -0.499. The predicted molar refractivity (Wildman–Crippen MR) is 97.3 cm³/mol. The molecule has 6 nitrogen and oxygen atoms in total. The van der Waals surface area contributed by atoms with Gasteiger partial charge in [-0.1, -0.05) is 17.7 Å². The fraction of sp³-hybridized carbons (Fsp3) is 0. The lowest BCUT2D eigenvalue weighted by Gasteiger charge is -2.01. The zero-order valence-corrected chi connectivity index (χ0v) is 14.1. The van der Waals surface area contributed by atoms with Crippen molar-refractivity contribution in [1.82, 2.24) is 9.97 Å². The molecule has 0 unspecified atom stereocenters. The molecule has 0 saturated heterocycles.